The van der Waals surface area contributed by atoms with E-state index in [0.717, 1.165) is 35.0 Å². The number of nitrogens with zero attached hydrogens (tertiary/aromatic N) is 1. The number of hydrogen-bond donors (Lipinski definition) is 3. The zero-order valence-electron chi connectivity index (χ0n) is 10.2. The van der Waals surface area contributed by atoms with Crippen LogP contribution in [0.25, 0.3) is 10.9 Å². The molecule has 0 aliphatic heterocycles. The fourth-order valence-electron chi connectivity index (χ4n) is 2.78. The Balaban J connectivity index is 2.02. The standard InChI is InChI=1S/C14H13N3O2/c15-7-8-1-3-12-10(5-8)11-6-9(16-14(18)19)2-4-13(11)17-12/h1,3,5,9,16-17H,2,4,6H2,(H,18,19)/t9-/m1/s1. The van der Waals surface area contributed by atoms with Gasteiger partial charge < -0.3 is 15.4 Å². The van der Waals surface area contributed by atoms with Crippen molar-refractivity contribution < 1.29 is 9.90 Å². The summed E-state index contributed by atoms with van der Waals surface area (Å²) < 4.78 is 0. The van der Waals surface area contributed by atoms with Crippen LogP contribution in [-0.2, 0) is 12.8 Å². The minimum absolute atomic E-state index is 0.0465. The van der Waals surface area contributed by atoms with Gasteiger partial charge in [0.1, 0.15) is 0 Å². The van der Waals surface area contributed by atoms with E-state index in [9.17, 15) is 4.79 Å². The van der Waals surface area contributed by atoms with Crippen molar-refractivity contribution in [1.29, 1.82) is 5.26 Å². The van der Waals surface area contributed by atoms with Crippen molar-refractivity contribution in [3.8, 4) is 6.07 Å². The third kappa shape index (κ3) is 2.02. The van der Waals surface area contributed by atoms with Gasteiger partial charge in [-0.3, -0.25) is 0 Å². The normalized spacial score (nSPS) is 17.7. The molecule has 1 aliphatic rings. The van der Waals surface area contributed by atoms with Crippen molar-refractivity contribution in [3.63, 3.8) is 0 Å². The molecule has 1 amide bonds. The van der Waals surface area contributed by atoms with Crippen molar-refractivity contribution in [1.82, 2.24) is 10.3 Å². The summed E-state index contributed by atoms with van der Waals surface area (Å²) in [7, 11) is 0. The van der Waals surface area contributed by atoms with E-state index in [1.807, 2.05) is 12.1 Å². The summed E-state index contributed by atoms with van der Waals surface area (Å²) in [6.45, 7) is 0. The Kier molecular flexibility index (Phi) is 2.64. The van der Waals surface area contributed by atoms with Crippen LogP contribution in [0.2, 0.25) is 0 Å². The summed E-state index contributed by atoms with van der Waals surface area (Å²) in [4.78, 5) is 14.1. The zero-order valence-corrected chi connectivity index (χ0v) is 10.2. The van der Waals surface area contributed by atoms with Crippen LogP contribution in [0.15, 0.2) is 18.2 Å². The van der Waals surface area contributed by atoms with Crippen molar-refractivity contribution >= 4 is 17.0 Å². The third-order valence-electron chi connectivity index (χ3n) is 3.64. The lowest BCUT2D eigenvalue weighted by Gasteiger charge is -2.22. The zero-order chi connectivity index (χ0) is 13.4. The molecule has 0 radical (unpaired) electrons. The summed E-state index contributed by atoms with van der Waals surface area (Å²) in [5.41, 5.74) is 3.94. The van der Waals surface area contributed by atoms with Gasteiger partial charge in [-0.1, -0.05) is 0 Å². The molecule has 5 heteroatoms. The van der Waals surface area contributed by atoms with Gasteiger partial charge in [-0.15, -0.1) is 0 Å². The van der Waals surface area contributed by atoms with E-state index in [-0.39, 0.29) is 6.04 Å². The summed E-state index contributed by atoms with van der Waals surface area (Å²) in [5.74, 6) is 0. The first kappa shape index (κ1) is 11.6. The molecule has 0 fully saturated rings. The van der Waals surface area contributed by atoms with Gasteiger partial charge in [-0.05, 0) is 43.0 Å². The molecular weight excluding hydrogens is 242 g/mol. The largest absolute Gasteiger partial charge is 0.465 e. The van der Waals surface area contributed by atoms with Gasteiger partial charge >= 0.3 is 6.09 Å². The van der Waals surface area contributed by atoms with E-state index >= 15 is 0 Å². The second-order valence-corrected chi connectivity index (χ2v) is 4.84. The Labute approximate surface area is 109 Å². The van der Waals surface area contributed by atoms with Crippen LogP contribution in [0.3, 0.4) is 0 Å². The van der Waals surface area contributed by atoms with Crippen molar-refractivity contribution in [2.75, 3.05) is 0 Å². The van der Waals surface area contributed by atoms with Gasteiger partial charge in [0.15, 0.2) is 0 Å². The number of nitrogens with one attached hydrogen (secondary N) is 2. The molecule has 3 N–H and O–H groups in total. The first-order valence-electron chi connectivity index (χ1n) is 6.20. The van der Waals surface area contributed by atoms with Crippen LogP contribution in [0, 0.1) is 11.3 Å². The molecule has 0 saturated carbocycles. The van der Waals surface area contributed by atoms with E-state index in [1.54, 1.807) is 6.07 Å². The molecule has 0 unspecified atom stereocenters. The fourth-order valence-corrected chi connectivity index (χ4v) is 2.78. The average Bonchev–Trinajstić information content (AvgIpc) is 2.75. The van der Waals surface area contributed by atoms with Crippen LogP contribution < -0.4 is 5.32 Å². The molecule has 1 aromatic carbocycles. The van der Waals surface area contributed by atoms with E-state index in [4.69, 9.17) is 10.4 Å². The Morgan fingerprint density at radius 2 is 2.37 bits per heavy atom. The number of aromatic amines is 1. The number of carbonyl (C=O) groups is 1. The van der Waals surface area contributed by atoms with Gasteiger partial charge in [0.25, 0.3) is 0 Å². The number of carboxylic acid groups (broad SMARTS) is 1. The number of aromatic nitrogens is 1. The molecule has 1 atom stereocenters. The topological polar surface area (TPSA) is 88.9 Å². The summed E-state index contributed by atoms with van der Waals surface area (Å²) >= 11 is 0. The molecule has 1 heterocycles. The van der Waals surface area contributed by atoms with Crippen molar-refractivity contribution in [2.24, 2.45) is 0 Å². The van der Waals surface area contributed by atoms with Crippen molar-refractivity contribution in [3.05, 3.63) is 35.0 Å². The van der Waals surface area contributed by atoms with Gasteiger partial charge in [0.05, 0.1) is 11.6 Å². The van der Waals surface area contributed by atoms with Gasteiger partial charge in [-0.25, -0.2) is 4.79 Å². The number of hydrogen-bond acceptors (Lipinski definition) is 2. The Morgan fingerprint density at radius 1 is 1.53 bits per heavy atom. The van der Waals surface area contributed by atoms with Gasteiger partial charge in [0.2, 0.25) is 0 Å². The SMILES string of the molecule is N#Cc1ccc2[nH]c3c(c2c1)C[C@H](NC(=O)O)CC3. The number of nitriles is 1. The highest BCUT2D eigenvalue weighted by molar-refractivity contribution is 5.86. The summed E-state index contributed by atoms with van der Waals surface area (Å²) in [6, 6.07) is 7.66. The minimum atomic E-state index is -0.981. The second kappa shape index (κ2) is 4.32. The summed E-state index contributed by atoms with van der Waals surface area (Å²) in [5, 5.41) is 21.3. The molecule has 0 saturated heterocycles. The minimum Gasteiger partial charge on any atom is -0.465 e. The predicted molar refractivity (Wildman–Crippen MR) is 70.0 cm³/mol. The highest BCUT2D eigenvalue weighted by Gasteiger charge is 2.23. The average molecular weight is 255 g/mol. The smallest absolute Gasteiger partial charge is 0.404 e. The lowest BCUT2D eigenvalue weighted by atomic mass is 9.91. The number of rotatable bonds is 1. The first-order valence-corrected chi connectivity index (χ1v) is 6.20. The summed E-state index contributed by atoms with van der Waals surface area (Å²) in [6.07, 6.45) is 1.33. The molecule has 2 aromatic rings. The molecule has 1 aliphatic carbocycles. The van der Waals surface area contributed by atoms with E-state index in [0.29, 0.717) is 12.0 Å². The lowest BCUT2D eigenvalue weighted by Crippen LogP contribution is -2.37. The highest BCUT2D eigenvalue weighted by atomic mass is 16.4. The first-order chi connectivity index (χ1) is 9.17. The highest BCUT2D eigenvalue weighted by Crippen LogP contribution is 2.29. The van der Waals surface area contributed by atoms with Gasteiger partial charge in [0, 0.05) is 22.6 Å². The van der Waals surface area contributed by atoms with Crippen LogP contribution in [0.5, 0.6) is 0 Å². The van der Waals surface area contributed by atoms with E-state index < -0.39 is 6.09 Å². The number of fused-ring (bicyclic) bond motifs is 3. The van der Waals surface area contributed by atoms with Crippen LogP contribution in [0.1, 0.15) is 23.2 Å². The maximum absolute atomic E-state index is 10.7. The Morgan fingerprint density at radius 3 is 3.11 bits per heavy atom. The van der Waals surface area contributed by atoms with Crippen LogP contribution >= 0.6 is 0 Å². The Hall–Kier alpha value is -2.48. The number of H-pyrrole nitrogens is 1. The lowest BCUT2D eigenvalue weighted by molar-refractivity contribution is 0.188. The molecular formula is C14H13N3O2. The maximum Gasteiger partial charge on any atom is 0.404 e. The molecule has 96 valence electrons. The fraction of sp³-hybridized carbons (Fsp3) is 0.286. The van der Waals surface area contributed by atoms with Crippen molar-refractivity contribution in [2.45, 2.75) is 25.3 Å². The van der Waals surface area contributed by atoms with Crippen LogP contribution in [-0.4, -0.2) is 22.2 Å². The quantitative estimate of drug-likeness (QED) is 0.729. The maximum atomic E-state index is 10.7. The monoisotopic (exact) mass is 255 g/mol. The molecule has 1 aromatic heterocycles. The molecule has 3 rings (SSSR count). The number of benzene rings is 1. The predicted octanol–water partition coefficient (Wildman–Crippen LogP) is 2.16. The molecule has 5 nitrogen and oxygen atoms in total. The molecule has 0 bridgehead atoms. The van der Waals surface area contributed by atoms with E-state index in [1.165, 1.54) is 0 Å². The second-order valence-electron chi connectivity index (χ2n) is 4.84. The van der Waals surface area contributed by atoms with E-state index in [2.05, 4.69) is 16.4 Å². The van der Waals surface area contributed by atoms with Crippen LogP contribution in [0.4, 0.5) is 4.79 Å². The third-order valence-corrected chi connectivity index (χ3v) is 3.64. The number of amides is 1. The molecule has 0 spiro atoms. The Bertz CT molecular complexity index is 697. The number of aryl methyl sites for hydroxylation is 1. The van der Waals surface area contributed by atoms with Gasteiger partial charge in [-0.2, -0.15) is 5.26 Å². The molecule has 19 heavy (non-hydrogen) atoms.